The van der Waals surface area contributed by atoms with E-state index in [-0.39, 0.29) is 0 Å². The number of nitrogens with zero attached hydrogens (tertiary/aromatic N) is 3. The smallest absolute Gasteiger partial charge is 0.266 e. The van der Waals surface area contributed by atoms with Crippen molar-refractivity contribution in [2.75, 3.05) is 26.0 Å². The molecule has 0 radical (unpaired) electrons. The fourth-order valence-electron chi connectivity index (χ4n) is 3.55. The molecule has 2 aliphatic rings. The minimum atomic E-state index is -3.42. The lowest BCUT2D eigenvalue weighted by atomic mass is 10.2. The first-order valence-electron chi connectivity index (χ1n) is 8.87. The molecule has 1 aromatic heterocycles. The molecule has 1 fully saturated rings. The molecule has 3 heterocycles. The summed E-state index contributed by atoms with van der Waals surface area (Å²) in [5.41, 5.74) is 0.921. The van der Waals surface area contributed by atoms with Gasteiger partial charge in [0.25, 0.3) is 5.91 Å². The van der Waals surface area contributed by atoms with Crippen LogP contribution >= 0.6 is 11.3 Å². The highest BCUT2D eigenvalue weighted by atomic mass is 32.2. The molecule has 1 amide bonds. The van der Waals surface area contributed by atoms with E-state index in [0.717, 1.165) is 16.5 Å². The molecule has 0 aliphatic carbocycles. The van der Waals surface area contributed by atoms with Crippen LogP contribution < -0.4 is 14.3 Å². The average Bonchev–Trinajstić information content (AvgIpc) is 3.23. The summed E-state index contributed by atoms with van der Waals surface area (Å²) < 4.78 is 39.2. The Morgan fingerprint density at radius 2 is 2.00 bits per heavy atom. The van der Waals surface area contributed by atoms with Gasteiger partial charge < -0.3 is 14.0 Å². The number of ether oxygens (including phenoxy) is 2. The molecule has 2 aliphatic heterocycles. The highest BCUT2D eigenvalue weighted by Gasteiger charge is 2.36. The number of carbonyl (C=O) groups is 1. The van der Waals surface area contributed by atoms with Crippen LogP contribution in [0.25, 0.3) is 10.2 Å². The van der Waals surface area contributed by atoms with E-state index in [2.05, 4.69) is 4.99 Å². The summed E-state index contributed by atoms with van der Waals surface area (Å²) in [5.74, 6) is 0.963. The van der Waals surface area contributed by atoms with E-state index < -0.39 is 22.0 Å². The Balaban J connectivity index is 1.77. The second kappa shape index (κ2) is 6.92. The van der Waals surface area contributed by atoms with Gasteiger partial charge in [-0.1, -0.05) is 11.3 Å². The lowest BCUT2D eigenvalue weighted by Crippen LogP contribution is -2.39. The van der Waals surface area contributed by atoms with Crippen LogP contribution in [0.1, 0.15) is 19.8 Å². The van der Waals surface area contributed by atoms with Crippen molar-refractivity contribution in [1.29, 1.82) is 0 Å². The predicted molar refractivity (Wildman–Crippen MR) is 102 cm³/mol. The molecule has 0 spiro atoms. The third-order valence-electron chi connectivity index (χ3n) is 4.78. The van der Waals surface area contributed by atoms with E-state index in [1.807, 2.05) is 23.6 Å². The summed E-state index contributed by atoms with van der Waals surface area (Å²) in [7, 11) is -3.42. The SMILES string of the molecule is CCn1c(=NC(=O)C2CCCN2S(C)(=O)=O)sc2cc3c(cc21)OCCO3. The van der Waals surface area contributed by atoms with Crippen LogP contribution in [0, 0.1) is 0 Å². The van der Waals surface area contributed by atoms with Gasteiger partial charge in [-0.25, -0.2) is 8.42 Å². The number of aromatic nitrogens is 1. The molecule has 1 aromatic carbocycles. The number of fused-ring (bicyclic) bond motifs is 2. The molecule has 10 heteroatoms. The maximum absolute atomic E-state index is 12.7. The zero-order valence-electron chi connectivity index (χ0n) is 15.2. The van der Waals surface area contributed by atoms with E-state index in [4.69, 9.17) is 9.47 Å². The number of hydrogen-bond donors (Lipinski definition) is 0. The number of sulfonamides is 1. The lowest BCUT2D eigenvalue weighted by molar-refractivity contribution is -0.121. The van der Waals surface area contributed by atoms with Crippen LogP contribution in [0.3, 0.4) is 0 Å². The molecule has 2 aromatic rings. The molecule has 0 N–H and O–H groups in total. The summed E-state index contributed by atoms with van der Waals surface area (Å²) in [6.45, 7) is 3.99. The predicted octanol–water partition coefficient (Wildman–Crippen LogP) is 1.35. The van der Waals surface area contributed by atoms with Crippen LogP contribution in [0.2, 0.25) is 0 Å². The highest BCUT2D eigenvalue weighted by molar-refractivity contribution is 7.88. The maximum Gasteiger partial charge on any atom is 0.266 e. The van der Waals surface area contributed by atoms with Crippen molar-refractivity contribution in [1.82, 2.24) is 8.87 Å². The van der Waals surface area contributed by atoms with Gasteiger partial charge in [0, 0.05) is 25.2 Å². The number of rotatable bonds is 3. The van der Waals surface area contributed by atoms with E-state index in [1.165, 1.54) is 15.6 Å². The second-order valence-corrected chi connectivity index (χ2v) is 9.52. The normalized spacial score (nSPS) is 21.1. The first-order chi connectivity index (χ1) is 12.9. The minimum absolute atomic E-state index is 0.367. The fraction of sp³-hybridized carbons (Fsp3) is 0.529. The van der Waals surface area contributed by atoms with Gasteiger partial charge >= 0.3 is 0 Å². The number of aryl methyl sites for hydroxylation is 1. The fourth-order valence-corrected chi connectivity index (χ4v) is 5.78. The molecular formula is C17H21N3O5S2. The third kappa shape index (κ3) is 3.37. The lowest BCUT2D eigenvalue weighted by Gasteiger charge is -2.18. The van der Waals surface area contributed by atoms with Crippen molar-refractivity contribution in [3.05, 3.63) is 16.9 Å². The summed E-state index contributed by atoms with van der Waals surface area (Å²) in [6.07, 6.45) is 2.30. The first kappa shape index (κ1) is 18.5. The molecule has 0 bridgehead atoms. The van der Waals surface area contributed by atoms with Crippen molar-refractivity contribution in [3.63, 3.8) is 0 Å². The summed E-state index contributed by atoms with van der Waals surface area (Å²) >= 11 is 1.39. The number of thiazole rings is 1. The topological polar surface area (TPSA) is 90.2 Å². The molecule has 1 unspecified atom stereocenters. The summed E-state index contributed by atoms with van der Waals surface area (Å²) in [6, 6.07) is 3.10. The zero-order valence-corrected chi connectivity index (χ0v) is 16.8. The van der Waals surface area contributed by atoms with Gasteiger partial charge in [-0.3, -0.25) is 4.79 Å². The van der Waals surface area contributed by atoms with E-state index in [1.54, 1.807) is 0 Å². The largest absolute Gasteiger partial charge is 0.486 e. The average molecular weight is 412 g/mol. The molecular weight excluding hydrogens is 390 g/mol. The molecule has 8 nitrogen and oxygen atoms in total. The Morgan fingerprint density at radius 1 is 1.30 bits per heavy atom. The quantitative estimate of drug-likeness (QED) is 0.760. The Bertz CT molecular complexity index is 1070. The van der Waals surface area contributed by atoms with Crippen molar-refractivity contribution in [2.24, 2.45) is 4.99 Å². The van der Waals surface area contributed by atoms with Gasteiger partial charge in [0.2, 0.25) is 10.0 Å². The molecule has 4 rings (SSSR count). The Labute approximate surface area is 161 Å². The van der Waals surface area contributed by atoms with Crippen molar-refractivity contribution in [3.8, 4) is 11.5 Å². The standard InChI is InChI=1S/C17H21N3O5S2/c1-3-19-12-9-13-14(25-8-7-24-13)10-15(12)26-17(19)18-16(21)11-5-4-6-20(11)27(2,22)23/h9-11H,3-8H2,1-2H3. The van der Waals surface area contributed by atoms with Gasteiger partial charge in [-0.15, -0.1) is 0 Å². The van der Waals surface area contributed by atoms with Crippen LogP contribution in [-0.2, 0) is 21.4 Å². The number of benzene rings is 1. The van der Waals surface area contributed by atoms with E-state index >= 15 is 0 Å². The van der Waals surface area contributed by atoms with E-state index in [9.17, 15) is 13.2 Å². The van der Waals surface area contributed by atoms with Crippen molar-refractivity contribution >= 4 is 37.5 Å². The Morgan fingerprint density at radius 3 is 2.67 bits per heavy atom. The van der Waals surface area contributed by atoms with Crippen LogP contribution in [0.15, 0.2) is 17.1 Å². The second-order valence-electron chi connectivity index (χ2n) is 6.57. The van der Waals surface area contributed by atoms with Gasteiger partial charge in [0.05, 0.1) is 16.5 Å². The van der Waals surface area contributed by atoms with Gasteiger partial charge in [0.15, 0.2) is 16.3 Å². The monoisotopic (exact) mass is 411 g/mol. The summed E-state index contributed by atoms with van der Waals surface area (Å²) in [4.78, 5) is 17.6. The van der Waals surface area contributed by atoms with Crippen LogP contribution in [0.4, 0.5) is 0 Å². The molecule has 1 saturated heterocycles. The van der Waals surface area contributed by atoms with Gasteiger partial charge in [0.1, 0.15) is 19.3 Å². The Kier molecular flexibility index (Phi) is 4.73. The Hall–Kier alpha value is -1.91. The minimum Gasteiger partial charge on any atom is -0.486 e. The summed E-state index contributed by atoms with van der Waals surface area (Å²) in [5, 5.41) is 0. The van der Waals surface area contributed by atoms with Crippen LogP contribution in [0.5, 0.6) is 11.5 Å². The highest BCUT2D eigenvalue weighted by Crippen LogP contribution is 2.35. The van der Waals surface area contributed by atoms with Crippen LogP contribution in [-0.4, -0.2) is 55.3 Å². The van der Waals surface area contributed by atoms with Gasteiger partial charge in [-0.05, 0) is 19.8 Å². The van der Waals surface area contributed by atoms with Crippen molar-refractivity contribution in [2.45, 2.75) is 32.4 Å². The number of carbonyl (C=O) groups excluding carboxylic acids is 1. The number of hydrogen-bond acceptors (Lipinski definition) is 6. The molecule has 27 heavy (non-hydrogen) atoms. The molecule has 146 valence electrons. The molecule has 0 saturated carbocycles. The molecule has 1 atom stereocenters. The van der Waals surface area contributed by atoms with Crippen molar-refractivity contribution < 1.29 is 22.7 Å². The maximum atomic E-state index is 12.7. The van der Waals surface area contributed by atoms with E-state index in [0.29, 0.717) is 55.4 Å². The first-order valence-corrected chi connectivity index (χ1v) is 11.5. The number of amides is 1. The van der Waals surface area contributed by atoms with Gasteiger partial charge in [-0.2, -0.15) is 9.30 Å². The third-order valence-corrected chi connectivity index (χ3v) is 7.11. The zero-order chi connectivity index (χ0) is 19.2.